The summed E-state index contributed by atoms with van der Waals surface area (Å²) >= 11 is 0. The van der Waals surface area contributed by atoms with E-state index in [2.05, 4.69) is 45.7 Å². The minimum absolute atomic E-state index is 0.0576. The Labute approximate surface area is 227 Å². The molecule has 39 heavy (non-hydrogen) atoms. The molecule has 4 aromatic heterocycles. The SMILES string of the molecule is [2H]C([2H])([2H])NC(=O)c1nnc(Nc2ccc(N3CCOCC3)cn2)cc1Nc1nccc(-c2ncc(F)cn2)c1OC. The molecule has 1 aliphatic heterocycles. The van der Waals surface area contributed by atoms with E-state index in [1.807, 2.05) is 11.4 Å². The van der Waals surface area contributed by atoms with Crippen molar-refractivity contribution in [3.05, 3.63) is 60.6 Å². The minimum atomic E-state index is -2.77. The van der Waals surface area contributed by atoms with Gasteiger partial charge >= 0.3 is 0 Å². The summed E-state index contributed by atoms with van der Waals surface area (Å²) in [5.74, 6) is -0.481. The zero-order valence-corrected chi connectivity index (χ0v) is 20.7. The Balaban J connectivity index is 1.46. The van der Waals surface area contributed by atoms with Crippen molar-refractivity contribution >= 4 is 34.7 Å². The largest absolute Gasteiger partial charge is 0.492 e. The molecule has 0 saturated carbocycles. The lowest BCUT2D eigenvalue weighted by atomic mass is 10.2. The molecule has 0 bridgehead atoms. The molecular weight excluding hydrogens is 507 g/mol. The van der Waals surface area contributed by atoms with Crippen molar-refractivity contribution < 1.29 is 22.8 Å². The first kappa shape index (κ1) is 22.0. The number of halogens is 1. The summed E-state index contributed by atoms with van der Waals surface area (Å²) in [6.07, 6.45) is 5.18. The Morgan fingerprint density at radius 3 is 2.59 bits per heavy atom. The van der Waals surface area contributed by atoms with Gasteiger partial charge in [-0.15, -0.1) is 10.2 Å². The molecule has 4 aromatic rings. The van der Waals surface area contributed by atoms with Crippen molar-refractivity contribution in [1.82, 2.24) is 35.5 Å². The summed E-state index contributed by atoms with van der Waals surface area (Å²) < 4.78 is 46.6. The van der Waals surface area contributed by atoms with E-state index < -0.39 is 18.7 Å². The van der Waals surface area contributed by atoms with Gasteiger partial charge in [-0.2, -0.15) is 0 Å². The van der Waals surface area contributed by atoms with Crippen LogP contribution in [0.1, 0.15) is 14.6 Å². The van der Waals surface area contributed by atoms with E-state index in [1.165, 1.54) is 19.4 Å². The summed E-state index contributed by atoms with van der Waals surface area (Å²) in [5.41, 5.74) is 1.06. The number of carbonyl (C=O) groups excluding carboxylic acids is 1. The van der Waals surface area contributed by atoms with Crippen LogP contribution in [0.4, 0.5) is 33.2 Å². The van der Waals surface area contributed by atoms with Crippen LogP contribution in [0, 0.1) is 5.82 Å². The maximum atomic E-state index is 13.4. The van der Waals surface area contributed by atoms with Crippen LogP contribution in [0.3, 0.4) is 0 Å². The maximum Gasteiger partial charge on any atom is 0.273 e. The lowest BCUT2D eigenvalue weighted by molar-refractivity contribution is 0.0958. The molecule has 0 atom stereocenters. The van der Waals surface area contributed by atoms with Crippen LogP contribution in [0.2, 0.25) is 0 Å². The summed E-state index contributed by atoms with van der Waals surface area (Å²) in [7, 11) is 1.39. The number of rotatable bonds is 8. The molecule has 5 rings (SSSR count). The third kappa shape index (κ3) is 5.80. The second-order valence-corrected chi connectivity index (χ2v) is 8.16. The molecule has 0 unspecified atom stereocenters. The molecule has 5 heterocycles. The molecule has 200 valence electrons. The van der Waals surface area contributed by atoms with Gasteiger partial charge in [0.05, 0.1) is 55.9 Å². The van der Waals surface area contributed by atoms with Gasteiger partial charge in [0.2, 0.25) is 0 Å². The van der Waals surface area contributed by atoms with Crippen LogP contribution in [-0.2, 0) is 4.74 Å². The highest BCUT2D eigenvalue weighted by atomic mass is 19.1. The number of morpholine rings is 1. The van der Waals surface area contributed by atoms with Crippen molar-refractivity contribution in [2.45, 2.75) is 0 Å². The summed E-state index contributed by atoms with van der Waals surface area (Å²) in [5, 5.41) is 15.9. The number of nitrogens with one attached hydrogen (secondary N) is 3. The number of nitrogens with zero attached hydrogens (tertiary/aromatic N) is 7. The Hall–Kier alpha value is -4.98. The van der Waals surface area contributed by atoms with E-state index in [1.54, 1.807) is 18.3 Å². The van der Waals surface area contributed by atoms with Gasteiger partial charge in [0.25, 0.3) is 5.91 Å². The second kappa shape index (κ2) is 11.6. The third-order valence-electron chi connectivity index (χ3n) is 5.73. The highest BCUT2D eigenvalue weighted by Gasteiger charge is 2.20. The van der Waals surface area contributed by atoms with E-state index in [4.69, 9.17) is 13.6 Å². The fraction of sp³-hybridized carbons (Fsp3) is 0.240. The summed E-state index contributed by atoms with van der Waals surface area (Å²) in [4.78, 5) is 31.7. The minimum Gasteiger partial charge on any atom is -0.492 e. The average Bonchev–Trinajstić information content (AvgIpc) is 2.97. The second-order valence-electron chi connectivity index (χ2n) is 8.16. The number of pyridine rings is 2. The predicted octanol–water partition coefficient (Wildman–Crippen LogP) is 2.55. The number of hydrogen-bond donors (Lipinski definition) is 3. The van der Waals surface area contributed by atoms with Crippen LogP contribution in [0.15, 0.2) is 49.1 Å². The molecule has 1 fully saturated rings. The first-order valence-corrected chi connectivity index (χ1v) is 11.7. The van der Waals surface area contributed by atoms with Gasteiger partial charge in [0.15, 0.2) is 34.7 Å². The van der Waals surface area contributed by atoms with E-state index in [9.17, 15) is 9.18 Å². The van der Waals surface area contributed by atoms with Crippen LogP contribution >= 0.6 is 0 Å². The number of ether oxygens (including phenoxy) is 2. The van der Waals surface area contributed by atoms with E-state index >= 15 is 0 Å². The molecule has 13 nitrogen and oxygen atoms in total. The van der Waals surface area contributed by atoms with Gasteiger partial charge in [-0.1, -0.05) is 0 Å². The standard InChI is InChI=1S/C25H25FN10O3/c1-27-25(37)21-18(32-24-22(38-2)17(5-6-28-24)23-30-12-15(26)13-31-23)11-20(34-35-21)33-19-4-3-16(14-29-19)36-7-9-39-10-8-36/h3-6,11-14H,7-10H2,1-2H3,(H,27,37)(H2,28,29,32,33,34)/i1D3. The highest BCUT2D eigenvalue weighted by molar-refractivity contribution is 5.98. The summed E-state index contributed by atoms with van der Waals surface area (Å²) in [6, 6.07) is 6.69. The number of aromatic nitrogens is 6. The van der Waals surface area contributed by atoms with Crippen LogP contribution in [0.5, 0.6) is 5.75 Å². The first-order valence-electron chi connectivity index (χ1n) is 13.2. The Morgan fingerprint density at radius 2 is 1.87 bits per heavy atom. The zero-order chi connectivity index (χ0) is 29.7. The highest BCUT2D eigenvalue weighted by Crippen LogP contribution is 2.35. The first-order chi connectivity index (χ1) is 20.2. The fourth-order valence-corrected chi connectivity index (χ4v) is 3.87. The van der Waals surface area contributed by atoms with Gasteiger partial charge < -0.3 is 30.3 Å². The molecule has 1 aliphatic rings. The Kier molecular flexibility index (Phi) is 6.56. The predicted molar refractivity (Wildman–Crippen MR) is 141 cm³/mol. The number of anilines is 5. The number of carbonyl (C=O) groups is 1. The van der Waals surface area contributed by atoms with E-state index in [0.717, 1.165) is 31.2 Å². The van der Waals surface area contributed by atoms with Gasteiger partial charge in [-0.25, -0.2) is 24.3 Å². The lowest BCUT2D eigenvalue weighted by Gasteiger charge is -2.28. The number of hydrogen-bond acceptors (Lipinski definition) is 12. The van der Waals surface area contributed by atoms with Crippen molar-refractivity contribution in [2.75, 3.05) is 55.9 Å². The number of methoxy groups -OCH3 is 1. The van der Waals surface area contributed by atoms with Crippen molar-refractivity contribution in [1.29, 1.82) is 0 Å². The van der Waals surface area contributed by atoms with Crippen LogP contribution < -0.4 is 25.6 Å². The quantitative estimate of drug-likeness (QED) is 0.304. The normalized spacial score (nSPS) is 14.5. The van der Waals surface area contributed by atoms with Gasteiger partial charge in [0.1, 0.15) is 5.82 Å². The zero-order valence-electron chi connectivity index (χ0n) is 23.7. The molecule has 14 heteroatoms. The maximum absolute atomic E-state index is 13.4. The molecule has 0 spiro atoms. The molecule has 3 N–H and O–H groups in total. The molecule has 0 aliphatic carbocycles. The van der Waals surface area contributed by atoms with Gasteiger partial charge in [-0.05, 0) is 18.2 Å². The number of amides is 1. The molecule has 1 saturated heterocycles. The van der Waals surface area contributed by atoms with Crippen LogP contribution in [-0.4, -0.2) is 76.4 Å². The Bertz CT molecular complexity index is 1550. The van der Waals surface area contributed by atoms with Crippen molar-refractivity contribution in [3.8, 4) is 17.1 Å². The molecule has 0 radical (unpaired) electrons. The molecule has 0 aromatic carbocycles. The molecule has 1 amide bonds. The lowest BCUT2D eigenvalue weighted by Crippen LogP contribution is -2.36. The van der Waals surface area contributed by atoms with E-state index in [0.29, 0.717) is 24.6 Å². The average molecular weight is 536 g/mol. The fourth-order valence-electron chi connectivity index (χ4n) is 3.87. The van der Waals surface area contributed by atoms with Gasteiger partial charge in [0, 0.05) is 36.4 Å². The van der Waals surface area contributed by atoms with Crippen molar-refractivity contribution in [3.63, 3.8) is 0 Å². The Morgan fingerprint density at radius 1 is 1.05 bits per heavy atom. The monoisotopic (exact) mass is 535 g/mol. The van der Waals surface area contributed by atoms with E-state index in [-0.39, 0.29) is 34.6 Å². The molecular formula is C25H25FN10O3. The summed E-state index contributed by atoms with van der Waals surface area (Å²) in [6.45, 7) is 0.0510. The van der Waals surface area contributed by atoms with Crippen molar-refractivity contribution in [2.24, 2.45) is 0 Å². The third-order valence-corrected chi connectivity index (χ3v) is 5.73. The van der Waals surface area contributed by atoms with Gasteiger partial charge in [-0.3, -0.25) is 4.79 Å². The smallest absolute Gasteiger partial charge is 0.273 e. The van der Waals surface area contributed by atoms with Crippen LogP contribution in [0.25, 0.3) is 11.4 Å². The topological polar surface area (TPSA) is 152 Å².